The van der Waals surface area contributed by atoms with Gasteiger partial charge < -0.3 is 15.5 Å². The zero-order valence-electron chi connectivity index (χ0n) is 17.0. The Bertz CT molecular complexity index is 1200. The zero-order valence-corrected chi connectivity index (χ0v) is 18.6. The van der Waals surface area contributed by atoms with Crippen LogP contribution in [0.3, 0.4) is 0 Å². The second kappa shape index (κ2) is 9.65. The molecule has 0 saturated carbocycles. The van der Waals surface area contributed by atoms with Gasteiger partial charge in [-0.25, -0.2) is 13.8 Å². The molecule has 7 nitrogen and oxygen atoms in total. The molecule has 3 rings (SSSR count). The Balaban J connectivity index is 1.84. The number of carbonyl (C=O) groups excluding carboxylic acids is 2. The van der Waals surface area contributed by atoms with Crippen LogP contribution >= 0.6 is 15.9 Å². The lowest BCUT2D eigenvalue weighted by atomic mass is 10.1. The average molecular weight is 502 g/mol. The lowest BCUT2D eigenvalue weighted by molar-refractivity contribution is 0.102. The SMILES string of the molecule is CN(C)C(=N)c1ccc(C(=O)Nc2ccc(F)cc2C(=O)Nc2ccc(Br)cn2)c(F)c1. The second-order valence-electron chi connectivity index (χ2n) is 6.90. The number of aromatic nitrogens is 1. The molecular formula is C22H18BrF2N5O2. The van der Waals surface area contributed by atoms with Crippen molar-refractivity contribution in [2.75, 3.05) is 24.7 Å². The van der Waals surface area contributed by atoms with Gasteiger partial charge >= 0.3 is 0 Å². The van der Waals surface area contributed by atoms with Gasteiger partial charge in [-0.05, 0) is 58.4 Å². The van der Waals surface area contributed by atoms with Gasteiger partial charge in [0, 0.05) is 30.3 Å². The summed E-state index contributed by atoms with van der Waals surface area (Å²) in [4.78, 5) is 30.8. The predicted molar refractivity (Wildman–Crippen MR) is 121 cm³/mol. The third kappa shape index (κ3) is 5.33. The van der Waals surface area contributed by atoms with Gasteiger partial charge in [0.1, 0.15) is 23.3 Å². The minimum atomic E-state index is -0.834. The Kier molecular flexibility index (Phi) is 6.94. The summed E-state index contributed by atoms with van der Waals surface area (Å²) in [6, 6.07) is 10.2. The van der Waals surface area contributed by atoms with E-state index in [1.165, 1.54) is 29.3 Å². The standard InChI is InChI=1S/C22H18BrF2N5O2/c1-30(2)20(26)12-3-6-15(17(25)9-12)21(31)28-18-7-5-14(24)10-16(18)22(32)29-19-8-4-13(23)11-27-19/h3-11,26H,1-2H3,(H,28,31)(H,27,29,32). The highest BCUT2D eigenvalue weighted by atomic mass is 79.9. The van der Waals surface area contributed by atoms with E-state index in [1.807, 2.05) is 0 Å². The van der Waals surface area contributed by atoms with Crippen molar-refractivity contribution in [3.05, 3.63) is 87.5 Å². The van der Waals surface area contributed by atoms with Crippen molar-refractivity contribution >= 4 is 45.1 Å². The van der Waals surface area contributed by atoms with E-state index in [2.05, 4.69) is 31.5 Å². The average Bonchev–Trinajstić information content (AvgIpc) is 2.75. The van der Waals surface area contributed by atoms with Gasteiger partial charge in [-0.15, -0.1) is 0 Å². The van der Waals surface area contributed by atoms with Crippen molar-refractivity contribution < 1.29 is 18.4 Å². The number of carbonyl (C=O) groups is 2. The summed E-state index contributed by atoms with van der Waals surface area (Å²) in [6.45, 7) is 0. The molecule has 0 atom stereocenters. The summed E-state index contributed by atoms with van der Waals surface area (Å²) in [5.74, 6) is -2.74. The third-order valence-electron chi connectivity index (χ3n) is 4.38. The fourth-order valence-electron chi connectivity index (χ4n) is 2.74. The van der Waals surface area contributed by atoms with Gasteiger partial charge in [0.15, 0.2) is 0 Å². The number of hydrogen-bond acceptors (Lipinski definition) is 4. The van der Waals surface area contributed by atoms with E-state index in [0.29, 0.717) is 10.0 Å². The van der Waals surface area contributed by atoms with Crippen LogP contribution in [-0.4, -0.2) is 41.6 Å². The summed E-state index contributed by atoms with van der Waals surface area (Å²) < 4.78 is 29.1. The second-order valence-corrected chi connectivity index (χ2v) is 7.81. The number of amidine groups is 1. The molecule has 0 aliphatic rings. The smallest absolute Gasteiger partial charge is 0.259 e. The van der Waals surface area contributed by atoms with Crippen LogP contribution in [-0.2, 0) is 0 Å². The van der Waals surface area contributed by atoms with Gasteiger partial charge in [0.25, 0.3) is 11.8 Å². The molecule has 2 aromatic carbocycles. The van der Waals surface area contributed by atoms with Crippen LogP contribution in [0.25, 0.3) is 0 Å². The molecule has 3 N–H and O–H groups in total. The minimum Gasteiger partial charge on any atom is -0.363 e. The Morgan fingerprint density at radius 3 is 2.31 bits per heavy atom. The summed E-state index contributed by atoms with van der Waals surface area (Å²) in [7, 11) is 3.29. The Morgan fingerprint density at radius 1 is 0.969 bits per heavy atom. The van der Waals surface area contributed by atoms with Crippen molar-refractivity contribution in [1.82, 2.24) is 9.88 Å². The summed E-state index contributed by atoms with van der Waals surface area (Å²) >= 11 is 3.24. The van der Waals surface area contributed by atoms with Crippen LogP contribution in [0.2, 0.25) is 0 Å². The first-order valence-corrected chi connectivity index (χ1v) is 10.0. The fourth-order valence-corrected chi connectivity index (χ4v) is 2.98. The molecule has 3 aromatic rings. The predicted octanol–water partition coefficient (Wildman–Crippen LogP) is 4.51. The number of amides is 2. The first-order valence-electron chi connectivity index (χ1n) is 9.25. The lowest BCUT2D eigenvalue weighted by Crippen LogP contribution is -2.23. The minimum absolute atomic E-state index is 0.00415. The lowest BCUT2D eigenvalue weighted by Gasteiger charge is -2.15. The van der Waals surface area contributed by atoms with Gasteiger partial charge in [-0.2, -0.15) is 0 Å². The van der Waals surface area contributed by atoms with E-state index >= 15 is 0 Å². The Hall–Kier alpha value is -3.66. The van der Waals surface area contributed by atoms with Crippen molar-refractivity contribution in [2.45, 2.75) is 0 Å². The number of benzene rings is 2. The van der Waals surface area contributed by atoms with E-state index in [9.17, 15) is 18.4 Å². The van der Waals surface area contributed by atoms with Crippen molar-refractivity contribution in [3.8, 4) is 0 Å². The highest BCUT2D eigenvalue weighted by molar-refractivity contribution is 9.10. The van der Waals surface area contributed by atoms with E-state index in [4.69, 9.17) is 5.41 Å². The van der Waals surface area contributed by atoms with Crippen LogP contribution in [0.4, 0.5) is 20.3 Å². The van der Waals surface area contributed by atoms with Crippen LogP contribution in [0.15, 0.2) is 59.2 Å². The van der Waals surface area contributed by atoms with Crippen LogP contribution < -0.4 is 10.6 Å². The first kappa shape index (κ1) is 23.0. The quantitative estimate of drug-likeness (QED) is 0.353. The fraction of sp³-hybridized carbons (Fsp3) is 0.0909. The molecule has 0 radical (unpaired) electrons. The third-order valence-corrected chi connectivity index (χ3v) is 4.85. The highest BCUT2D eigenvalue weighted by Crippen LogP contribution is 2.21. The Labute approximate surface area is 191 Å². The van der Waals surface area contributed by atoms with E-state index in [0.717, 1.165) is 18.2 Å². The van der Waals surface area contributed by atoms with Crippen molar-refractivity contribution in [3.63, 3.8) is 0 Å². The number of halogens is 3. The topological polar surface area (TPSA) is 98.2 Å². The van der Waals surface area contributed by atoms with Crippen molar-refractivity contribution in [1.29, 1.82) is 5.41 Å². The maximum atomic E-state index is 14.5. The zero-order chi connectivity index (χ0) is 23.4. The largest absolute Gasteiger partial charge is 0.363 e. The molecule has 1 heterocycles. The maximum Gasteiger partial charge on any atom is 0.259 e. The molecular weight excluding hydrogens is 484 g/mol. The molecule has 0 fully saturated rings. The van der Waals surface area contributed by atoms with Gasteiger partial charge in [-0.1, -0.05) is 6.07 Å². The number of nitrogens with one attached hydrogen (secondary N) is 3. The molecule has 0 spiro atoms. The summed E-state index contributed by atoms with van der Waals surface area (Å²) in [5.41, 5.74) is -0.150. The van der Waals surface area contributed by atoms with E-state index < -0.39 is 23.4 Å². The van der Waals surface area contributed by atoms with Crippen LogP contribution in [0.1, 0.15) is 26.3 Å². The van der Waals surface area contributed by atoms with Gasteiger partial charge in [-0.3, -0.25) is 15.0 Å². The summed E-state index contributed by atoms with van der Waals surface area (Å²) in [6.07, 6.45) is 1.48. The molecule has 164 valence electrons. The van der Waals surface area contributed by atoms with Crippen LogP contribution in [0, 0.1) is 17.0 Å². The first-order chi connectivity index (χ1) is 15.2. The van der Waals surface area contributed by atoms with Crippen LogP contribution in [0.5, 0.6) is 0 Å². The molecule has 32 heavy (non-hydrogen) atoms. The summed E-state index contributed by atoms with van der Waals surface area (Å²) in [5, 5.41) is 12.9. The molecule has 2 amide bonds. The molecule has 0 aliphatic carbocycles. The molecule has 0 aliphatic heterocycles. The van der Waals surface area contributed by atoms with E-state index in [1.54, 1.807) is 26.2 Å². The molecule has 0 unspecified atom stereocenters. The highest BCUT2D eigenvalue weighted by Gasteiger charge is 2.19. The van der Waals surface area contributed by atoms with Crippen molar-refractivity contribution in [2.24, 2.45) is 0 Å². The molecule has 0 saturated heterocycles. The maximum absolute atomic E-state index is 14.5. The number of anilines is 2. The normalized spacial score (nSPS) is 10.4. The molecule has 1 aromatic heterocycles. The number of hydrogen-bond donors (Lipinski definition) is 3. The van der Waals surface area contributed by atoms with E-state index in [-0.39, 0.29) is 28.5 Å². The number of nitrogens with zero attached hydrogens (tertiary/aromatic N) is 2. The van der Waals surface area contributed by atoms with Gasteiger partial charge in [0.2, 0.25) is 0 Å². The van der Waals surface area contributed by atoms with Gasteiger partial charge in [0.05, 0.1) is 16.8 Å². The number of rotatable bonds is 5. The Morgan fingerprint density at radius 2 is 1.69 bits per heavy atom. The monoisotopic (exact) mass is 501 g/mol. The molecule has 10 heteroatoms. The molecule has 0 bridgehead atoms. The number of pyridine rings is 1.